The molecule has 0 aromatic heterocycles. The minimum Gasteiger partial charge on any atom is -0.497 e. The summed E-state index contributed by atoms with van der Waals surface area (Å²) in [5.74, 6) is 1.15. The summed E-state index contributed by atoms with van der Waals surface area (Å²) in [5.41, 5.74) is 0.346. The van der Waals surface area contributed by atoms with Crippen molar-refractivity contribution < 1.29 is 19.4 Å². The number of carbonyl (C=O) groups is 1. The molecule has 1 unspecified atom stereocenters. The van der Waals surface area contributed by atoms with Gasteiger partial charge in [-0.05, 0) is 95.1 Å². The average Bonchev–Trinajstić information content (AvgIpc) is 2.67. The zero-order valence-corrected chi connectivity index (χ0v) is 18.3. The number of aliphatic hydroxyl groups is 1. The molecule has 0 spiro atoms. The van der Waals surface area contributed by atoms with Crippen molar-refractivity contribution in [3.63, 3.8) is 0 Å². The second-order valence-electron chi connectivity index (χ2n) is 9.46. The number of amides is 1. The largest absolute Gasteiger partial charge is 0.497 e. The molecule has 6 nitrogen and oxygen atoms in total. The van der Waals surface area contributed by atoms with Gasteiger partial charge in [0, 0.05) is 6.54 Å². The summed E-state index contributed by atoms with van der Waals surface area (Å²) < 4.78 is 11.1. The van der Waals surface area contributed by atoms with E-state index in [4.69, 9.17) is 9.47 Å². The van der Waals surface area contributed by atoms with Gasteiger partial charge in [-0.1, -0.05) is 6.07 Å². The highest BCUT2D eigenvalue weighted by molar-refractivity contribution is 5.68. The van der Waals surface area contributed by atoms with E-state index in [9.17, 15) is 9.90 Å². The zero-order chi connectivity index (χ0) is 21.1. The Kier molecular flexibility index (Phi) is 6.74. The maximum atomic E-state index is 13.0. The maximum Gasteiger partial charge on any atom is 0.410 e. The van der Waals surface area contributed by atoms with Crippen LogP contribution in [-0.4, -0.2) is 55.0 Å². The monoisotopic (exact) mass is 404 g/mol. The Morgan fingerprint density at radius 2 is 2.03 bits per heavy atom. The van der Waals surface area contributed by atoms with Gasteiger partial charge in [-0.2, -0.15) is 0 Å². The van der Waals surface area contributed by atoms with Crippen LogP contribution < -0.4 is 10.1 Å². The molecule has 3 rings (SSSR count). The molecular weight excluding hydrogens is 368 g/mol. The van der Waals surface area contributed by atoms with Crippen molar-refractivity contribution in [1.29, 1.82) is 0 Å². The van der Waals surface area contributed by atoms with Crippen molar-refractivity contribution in [2.45, 2.75) is 64.1 Å². The number of fused-ring (bicyclic) bond motifs is 1. The van der Waals surface area contributed by atoms with Gasteiger partial charge in [0.25, 0.3) is 0 Å². The Hall–Kier alpha value is -1.79. The fourth-order valence-corrected chi connectivity index (χ4v) is 4.43. The third kappa shape index (κ3) is 5.64. The Labute approximate surface area is 174 Å². The van der Waals surface area contributed by atoms with E-state index < -0.39 is 11.2 Å². The predicted molar refractivity (Wildman–Crippen MR) is 113 cm³/mol. The Morgan fingerprint density at radius 1 is 1.31 bits per heavy atom. The fraction of sp³-hybridized carbons (Fsp3) is 0.696. The van der Waals surface area contributed by atoms with Crippen molar-refractivity contribution >= 4 is 6.09 Å². The predicted octanol–water partition coefficient (Wildman–Crippen LogP) is 3.46. The van der Waals surface area contributed by atoms with E-state index in [2.05, 4.69) is 5.32 Å². The second-order valence-corrected chi connectivity index (χ2v) is 9.46. The number of benzene rings is 1. The first kappa shape index (κ1) is 21.9. The van der Waals surface area contributed by atoms with Crippen LogP contribution in [0.5, 0.6) is 5.75 Å². The summed E-state index contributed by atoms with van der Waals surface area (Å²) >= 11 is 0. The number of nitrogens with zero attached hydrogens (tertiary/aromatic N) is 1. The van der Waals surface area contributed by atoms with E-state index in [0.717, 1.165) is 55.6 Å². The van der Waals surface area contributed by atoms with E-state index >= 15 is 0 Å². The summed E-state index contributed by atoms with van der Waals surface area (Å²) in [6, 6.07) is 5.89. The molecular formula is C23H36N2O4. The summed E-state index contributed by atoms with van der Waals surface area (Å²) in [6.45, 7) is 8.42. The Morgan fingerprint density at radius 3 is 2.69 bits per heavy atom. The van der Waals surface area contributed by atoms with Crippen LogP contribution in [0, 0.1) is 5.92 Å². The van der Waals surface area contributed by atoms with Crippen LogP contribution in [0.2, 0.25) is 0 Å². The van der Waals surface area contributed by atoms with Gasteiger partial charge in [0.1, 0.15) is 17.0 Å². The minimum atomic E-state index is -1.09. The van der Waals surface area contributed by atoms with Crippen molar-refractivity contribution in [3.05, 3.63) is 29.3 Å². The van der Waals surface area contributed by atoms with Gasteiger partial charge in [0.05, 0.1) is 13.7 Å². The highest BCUT2D eigenvalue weighted by Crippen LogP contribution is 2.38. The number of methoxy groups -OCH3 is 1. The minimum absolute atomic E-state index is 0.242. The summed E-state index contributed by atoms with van der Waals surface area (Å²) in [4.78, 5) is 14.8. The number of piperidine rings is 1. The highest BCUT2D eigenvalue weighted by atomic mass is 16.6. The Balaban J connectivity index is 1.85. The summed E-state index contributed by atoms with van der Waals surface area (Å²) in [7, 11) is 1.63. The van der Waals surface area contributed by atoms with E-state index in [1.54, 1.807) is 12.0 Å². The quantitative estimate of drug-likeness (QED) is 0.786. The molecule has 1 fully saturated rings. The zero-order valence-electron chi connectivity index (χ0n) is 18.3. The molecule has 1 aromatic rings. The van der Waals surface area contributed by atoms with Crippen molar-refractivity contribution in [2.75, 3.05) is 33.3 Å². The number of carbonyl (C=O) groups excluding carboxylic acids is 1. The van der Waals surface area contributed by atoms with Gasteiger partial charge in [-0.3, -0.25) is 0 Å². The maximum absolute atomic E-state index is 13.0. The molecule has 1 aliphatic carbocycles. The van der Waals surface area contributed by atoms with Crippen LogP contribution in [0.4, 0.5) is 4.79 Å². The number of hydrogen-bond donors (Lipinski definition) is 2. The van der Waals surface area contributed by atoms with E-state index in [1.165, 1.54) is 0 Å². The number of nitrogens with one attached hydrogen (secondary N) is 1. The number of hydrogen-bond acceptors (Lipinski definition) is 5. The lowest BCUT2D eigenvalue weighted by Crippen LogP contribution is -2.49. The molecule has 29 heavy (non-hydrogen) atoms. The lowest BCUT2D eigenvalue weighted by molar-refractivity contribution is -0.0341. The fourth-order valence-electron chi connectivity index (χ4n) is 4.43. The normalized spacial score (nSPS) is 22.7. The van der Waals surface area contributed by atoms with Gasteiger partial charge in [-0.25, -0.2) is 4.79 Å². The lowest BCUT2D eigenvalue weighted by Gasteiger charge is -2.40. The topological polar surface area (TPSA) is 71.0 Å². The summed E-state index contributed by atoms with van der Waals surface area (Å²) in [5, 5.41) is 15.0. The molecule has 1 heterocycles. The molecule has 2 aliphatic rings. The Bertz CT molecular complexity index is 709. The number of rotatable bonds is 5. The molecule has 1 amide bonds. The smallest absolute Gasteiger partial charge is 0.410 e. The molecule has 1 aliphatic heterocycles. The molecule has 0 bridgehead atoms. The van der Waals surface area contributed by atoms with Gasteiger partial charge in [0.2, 0.25) is 0 Å². The second kappa shape index (κ2) is 8.92. The van der Waals surface area contributed by atoms with Crippen LogP contribution in [0.25, 0.3) is 0 Å². The van der Waals surface area contributed by atoms with Crippen LogP contribution in [0.15, 0.2) is 18.2 Å². The molecule has 162 valence electrons. The molecule has 0 saturated carbocycles. The first-order valence-electron chi connectivity index (χ1n) is 10.8. The van der Waals surface area contributed by atoms with E-state index in [0.29, 0.717) is 18.9 Å². The van der Waals surface area contributed by atoms with Crippen LogP contribution >= 0.6 is 0 Å². The third-order valence-electron chi connectivity index (χ3n) is 5.90. The molecule has 6 heteroatoms. The van der Waals surface area contributed by atoms with Crippen molar-refractivity contribution in [3.8, 4) is 5.75 Å². The van der Waals surface area contributed by atoms with E-state index in [-0.39, 0.29) is 12.6 Å². The highest BCUT2D eigenvalue weighted by Gasteiger charge is 2.39. The number of ether oxygens (including phenoxy) is 2. The van der Waals surface area contributed by atoms with Crippen LogP contribution in [0.3, 0.4) is 0 Å². The molecule has 1 saturated heterocycles. The third-order valence-corrected chi connectivity index (χ3v) is 5.90. The molecule has 0 radical (unpaired) electrons. The molecule has 2 N–H and O–H groups in total. The van der Waals surface area contributed by atoms with Gasteiger partial charge in [-0.15, -0.1) is 0 Å². The van der Waals surface area contributed by atoms with Gasteiger partial charge < -0.3 is 24.8 Å². The van der Waals surface area contributed by atoms with Gasteiger partial charge >= 0.3 is 6.09 Å². The first-order chi connectivity index (χ1) is 13.7. The SMILES string of the molecule is COc1ccc2c(c1)C(O)(CN(CC1CCNCC1)C(=O)OC(C)(C)C)CCC2. The average molecular weight is 405 g/mol. The number of aryl methyl sites for hydroxylation is 1. The summed E-state index contributed by atoms with van der Waals surface area (Å²) in [6.07, 6.45) is 4.16. The lowest BCUT2D eigenvalue weighted by atomic mass is 9.78. The van der Waals surface area contributed by atoms with E-state index in [1.807, 2.05) is 39.0 Å². The van der Waals surface area contributed by atoms with Crippen LogP contribution in [-0.2, 0) is 16.8 Å². The van der Waals surface area contributed by atoms with Crippen molar-refractivity contribution in [2.24, 2.45) is 5.92 Å². The van der Waals surface area contributed by atoms with Gasteiger partial charge in [0.15, 0.2) is 0 Å². The standard InChI is InChI=1S/C23H36N2O4/c1-22(2,3)29-21(26)25(15-17-9-12-24-13-10-17)16-23(27)11-5-6-18-7-8-19(28-4)14-20(18)23/h7-8,14,17,24,27H,5-6,9-13,15-16H2,1-4H3. The molecule has 1 atom stereocenters. The molecule has 1 aromatic carbocycles. The van der Waals surface area contributed by atoms with Crippen LogP contribution in [0.1, 0.15) is 57.6 Å². The van der Waals surface area contributed by atoms with Crippen molar-refractivity contribution in [1.82, 2.24) is 10.2 Å². The first-order valence-corrected chi connectivity index (χ1v) is 10.8.